The van der Waals surface area contributed by atoms with Gasteiger partial charge in [0.25, 0.3) is 0 Å². The molecule has 1 aromatic heterocycles. The van der Waals surface area contributed by atoms with Crippen LogP contribution in [0.1, 0.15) is 81.7 Å². The molecule has 2 amide bonds. The number of nitrogens with zero attached hydrogens (tertiary/aromatic N) is 4. The second-order valence-corrected chi connectivity index (χ2v) is 11.3. The molecular formula is C26H37N5O2. The molecule has 178 valence electrons. The van der Waals surface area contributed by atoms with E-state index in [1.54, 1.807) is 0 Å². The second-order valence-electron chi connectivity index (χ2n) is 11.3. The van der Waals surface area contributed by atoms with Crippen LogP contribution in [0, 0.1) is 23.2 Å². The van der Waals surface area contributed by atoms with Gasteiger partial charge in [0.05, 0.1) is 29.5 Å². The molecule has 4 aliphatic rings. The molecule has 3 heterocycles. The van der Waals surface area contributed by atoms with Crippen molar-refractivity contribution in [2.75, 3.05) is 31.1 Å². The van der Waals surface area contributed by atoms with Crippen molar-refractivity contribution in [3.63, 3.8) is 0 Å². The lowest BCUT2D eigenvalue weighted by Gasteiger charge is -2.44. The third kappa shape index (κ3) is 4.55. The molecule has 2 aliphatic carbocycles. The van der Waals surface area contributed by atoms with E-state index in [1.807, 2.05) is 4.90 Å². The molecule has 0 radical (unpaired) electrons. The highest BCUT2D eigenvalue weighted by Gasteiger charge is 2.39. The standard InChI is InChI=1S/C26H37N5O2/c1-16(2)22-14-30(9-10-31(22)25(32)28-13-17-5-6-17)24-20(12-27)19-11-26(3,4)33-15-21(19)23(29-24)18-7-8-18/h16-18,22H,5-11,13-15H2,1-4H3,(H,28,32)/t22-/m0/s1. The third-order valence-corrected chi connectivity index (χ3v) is 7.70. The first-order valence-electron chi connectivity index (χ1n) is 12.7. The van der Waals surface area contributed by atoms with Crippen LogP contribution in [0.2, 0.25) is 0 Å². The van der Waals surface area contributed by atoms with E-state index in [4.69, 9.17) is 9.72 Å². The summed E-state index contributed by atoms with van der Waals surface area (Å²) >= 11 is 0. The zero-order chi connectivity index (χ0) is 23.3. The number of piperazine rings is 1. The fourth-order valence-electron chi connectivity index (χ4n) is 5.30. The number of aromatic nitrogens is 1. The van der Waals surface area contributed by atoms with Gasteiger partial charge in [-0.2, -0.15) is 5.26 Å². The maximum absolute atomic E-state index is 12.9. The summed E-state index contributed by atoms with van der Waals surface area (Å²) in [6, 6.07) is 2.65. The zero-order valence-corrected chi connectivity index (χ0v) is 20.5. The summed E-state index contributed by atoms with van der Waals surface area (Å²) in [6.07, 6.45) is 5.52. The lowest BCUT2D eigenvalue weighted by atomic mass is 9.87. The molecule has 0 aromatic carbocycles. The molecule has 0 spiro atoms. The number of carbonyl (C=O) groups is 1. The van der Waals surface area contributed by atoms with Gasteiger partial charge in [-0.3, -0.25) is 0 Å². The number of nitriles is 1. The summed E-state index contributed by atoms with van der Waals surface area (Å²) < 4.78 is 6.11. The number of hydrogen-bond donors (Lipinski definition) is 1. The van der Waals surface area contributed by atoms with Crippen LogP contribution in [0.15, 0.2) is 0 Å². The summed E-state index contributed by atoms with van der Waals surface area (Å²) in [6.45, 7) is 11.9. The topological polar surface area (TPSA) is 81.5 Å². The molecule has 0 bridgehead atoms. The predicted octanol–water partition coefficient (Wildman–Crippen LogP) is 3.95. The Labute approximate surface area is 197 Å². The van der Waals surface area contributed by atoms with Crippen molar-refractivity contribution in [2.24, 2.45) is 11.8 Å². The quantitative estimate of drug-likeness (QED) is 0.733. The van der Waals surface area contributed by atoms with Gasteiger partial charge in [-0.25, -0.2) is 9.78 Å². The number of carbonyl (C=O) groups excluding carboxylic acids is 1. The van der Waals surface area contributed by atoms with Gasteiger partial charge in [0.15, 0.2) is 0 Å². The van der Waals surface area contributed by atoms with Crippen LogP contribution in [0.25, 0.3) is 0 Å². The molecule has 33 heavy (non-hydrogen) atoms. The second kappa shape index (κ2) is 8.47. The minimum atomic E-state index is -0.281. The Kier molecular flexibility index (Phi) is 5.76. The molecule has 2 saturated carbocycles. The number of hydrogen-bond acceptors (Lipinski definition) is 5. The molecule has 7 heteroatoms. The molecule has 0 unspecified atom stereocenters. The van der Waals surface area contributed by atoms with E-state index in [0.717, 1.165) is 48.4 Å². The van der Waals surface area contributed by atoms with Gasteiger partial charge in [0.2, 0.25) is 0 Å². The molecule has 7 nitrogen and oxygen atoms in total. The number of anilines is 1. The minimum absolute atomic E-state index is 0.0525. The van der Waals surface area contributed by atoms with Gasteiger partial charge in [0.1, 0.15) is 11.9 Å². The lowest BCUT2D eigenvalue weighted by Crippen LogP contribution is -2.59. The van der Waals surface area contributed by atoms with Crippen molar-refractivity contribution >= 4 is 11.8 Å². The van der Waals surface area contributed by atoms with E-state index in [-0.39, 0.29) is 17.7 Å². The van der Waals surface area contributed by atoms with Crippen LogP contribution < -0.4 is 10.2 Å². The molecule has 3 fully saturated rings. The first kappa shape index (κ1) is 22.5. The maximum atomic E-state index is 12.9. The zero-order valence-electron chi connectivity index (χ0n) is 20.5. The first-order chi connectivity index (χ1) is 15.8. The van der Waals surface area contributed by atoms with Crippen LogP contribution in [-0.2, 0) is 17.8 Å². The van der Waals surface area contributed by atoms with E-state index in [2.05, 4.69) is 44.0 Å². The van der Waals surface area contributed by atoms with Gasteiger partial charge in [-0.05, 0) is 56.9 Å². The Morgan fingerprint density at radius 2 is 2.00 bits per heavy atom. The van der Waals surface area contributed by atoms with Crippen molar-refractivity contribution in [1.29, 1.82) is 5.26 Å². The number of nitrogens with one attached hydrogen (secondary N) is 1. The number of ether oxygens (including phenoxy) is 1. The monoisotopic (exact) mass is 451 g/mol. The highest BCUT2D eigenvalue weighted by atomic mass is 16.5. The highest BCUT2D eigenvalue weighted by Crippen LogP contribution is 2.46. The Balaban J connectivity index is 1.44. The summed E-state index contributed by atoms with van der Waals surface area (Å²) in [5, 5.41) is 13.4. The van der Waals surface area contributed by atoms with Crippen molar-refractivity contribution in [3.8, 4) is 6.07 Å². The number of pyridine rings is 1. The lowest BCUT2D eigenvalue weighted by molar-refractivity contribution is -0.0407. The predicted molar refractivity (Wildman–Crippen MR) is 127 cm³/mol. The number of fused-ring (bicyclic) bond motifs is 1. The Bertz CT molecular complexity index is 974. The van der Waals surface area contributed by atoms with Crippen molar-refractivity contribution in [2.45, 2.75) is 84.0 Å². The van der Waals surface area contributed by atoms with Crippen LogP contribution in [0.5, 0.6) is 0 Å². The number of amides is 2. The fraction of sp³-hybridized carbons (Fsp3) is 0.731. The average Bonchev–Trinajstić information content (AvgIpc) is 3.69. The van der Waals surface area contributed by atoms with E-state index < -0.39 is 0 Å². The van der Waals surface area contributed by atoms with Crippen molar-refractivity contribution < 1.29 is 9.53 Å². The molecule has 1 N–H and O–H groups in total. The van der Waals surface area contributed by atoms with E-state index >= 15 is 0 Å². The summed E-state index contributed by atoms with van der Waals surface area (Å²) in [7, 11) is 0. The Morgan fingerprint density at radius 1 is 1.24 bits per heavy atom. The fourth-order valence-corrected chi connectivity index (χ4v) is 5.30. The van der Waals surface area contributed by atoms with E-state index in [0.29, 0.717) is 49.6 Å². The van der Waals surface area contributed by atoms with E-state index in [9.17, 15) is 10.1 Å². The minimum Gasteiger partial charge on any atom is -0.370 e. The van der Waals surface area contributed by atoms with Gasteiger partial charge >= 0.3 is 6.03 Å². The Hall–Kier alpha value is -2.33. The number of urea groups is 1. The summed E-state index contributed by atoms with van der Waals surface area (Å²) in [5.74, 6) is 2.29. The molecular weight excluding hydrogens is 414 g/mol. The first-order valence-corrected chi connectivity index (χ1v) is 12.7. The molecule has 2 aliphatic heterocycles. The third-order valence-electron chi connectivity index (χ3n) is 7.70. The highest BCUT2D eigenvalue weighted by molar-refractivity contribution is 5.75. The maximum Gasteiger partial charge on any atom is 0.317 e. The number of rotatable bonds is 5. The largest absolute Gasteiger partial charge is 0.370 e. The Morgan fingerprint density at radius 3 is 2.64 bits per heavy atom. The van der Waals surface area contributed by atoms with Gasteiger partial charge in [-0.15, -0.1) is 0 Å². The van der Waals surface area contributed by atoms with Gasteiger partial charge in [-0.1, -0.05) is 13.8 Å². The average molecular weight is 452 g/mol. The SMILES string of the molecule is CC(C)[C@@H]1CN(c2nc(C3CC3)c3c(c2C#N)CC(C)(C)OC3)CCN1C(=O)NCC1CC1. The van der Waals surface area contributed by atoms with Gasteiger partial charge < -0.3 is 19.9 Å². The van der Waals surface area contributed by atoms with Crippen LogP contribution in [0.3, 0.4) is 0 Å². The molecule has 1 atom stereocenters. The molecule has 1 aromatic rings. The van der Waals surface area contributed by atoms with E-state index in [1.165, 1.54) is 12.8 Å². The van der Waals surface area contributed by atoms with Crippen LogP contribution >= 0.6 is 0 Å². The normalized spacial score (nSPS) is 24.4. The van der Waals surface area contributed by atoms with Gasteiger partial charge in [0, 0.05) is 44.1 Å². The van der Waals surface area contributed by atoms with Crippen molar-refractivity contribution in [1.82, 2.24) is 15.2 Å². The molecule has 1 saturated heterocycles. The summed E-state index contributed by atoms with van der Waals surface area (Å²) in [4.78, 5) is 22.3. The summed E-state index contributed by atoms with van der Waals surface area (Å²) in [5.41, 5.74) is 3.85. The van der Waals surface area contributed by atoms with Crippen LogP contribution in [0.4, 0.5) is 10.6 Å². The smallest absolute Gasteiger partial charge is 0.317 e. The van der Waals surface area contributed by atoms with Crippen molar-refractivity contribution in [3.05, 3.63) is 22.4 Å². The molecule has 5 rings (SSSR count). The van der Waals surface area contributed by atoms with Crippen LogP contribution in [-0.4, -0.2) is 53.7 Å².